The minimum absolute atomic E-state index is 0.124. The minimum atomic E-state index is -4.35. The van der Waals surface area contributed by atoms with Crippen molar-refractivity contribution < 1.29 is 27.8 Å². The van der Waals surface area contributed by atoms with Crippen LogP contribution in [-0.2, 0) is 22.1 Å². The topological polar surface area (TPSA) is 58.6 Å². The molecular formula is C15H18F3NO3. The number of amides is 1. The molecule has 1 atom stereocenters. The van der Waals surface area contributed by atoms with E-state index in [2.05, 4.69) is 5.32 Å². The fourth-order valence-corrected chi connectivity index (χ4v) is 2.21. The van der Waals surface area contributed by atoms with E-state index in [0.29, 0.717) is 25.0 Å². The van der Waals surface area contributed by atoms with Gasteiger partial charge < -0.3 is 15.2 Å². The Balaban J connectivity index is 1.76. The van der Waals surface area contributed by atoms with Gasteiger partial charge in [0.15, 0.2) is 0 Å². The van der Waals surface area contributed by atoms with E-state index in [1.54, 1.807) is 0 Å². The molecule has 1 amide bonds. The highest BCUT2D eigenvalue weighted by molar-refractivity contribution is 5.76. The van der Waals surface area contributed by atoms with Crippen LogP contribution in [0.15, 0.2) is 24.3 Å². The molecule has 1 aromatic rings. The van der Waals surface area contributed by atoms with Gasteiger partial charge in [-0.25, -0.2) is 0 Å². The fourth-order valence-electron chi connectivity index (χ4n) is 2.21. The van der Waals surface area contributed by atoms with Gasteiger partial charge in [0.1, 0.15) is 5.60 Å². The summed E-state index contributed by atoms with van der Waals surface area (Å²) in [4.78, 5) is 11.7. The predicted octanol–water partition coefficient (Wildman–Crippen LogP) is 1.91. The molecule has 1 aromatic carbocycles. The van der Waals surface area contributed by atoms with Gasteiger partial charge in [-0.2, -0.15) is 13.2 Å². The Bertz CT molecular complexity index is 508. The third-order valence-corrected chi connectivity index (χ3v) is 3.62. The summed E-state index contributed by atoms with van der Waals surface area (Å²) in [7, 11) is 0. The Kier molecular flexibility index (Phi) is 5.08. The molecule has 1 aliphatic rings. The average molecular weight is 317 g/mol. The highest BCUT2D eigenvalue weighted by Gasteiger charge is 2.32. The van der Waals surface area contributed by atoms with E-state index in [1.165, 1.54) is 12.1 Å². The fraction of sp³-hybridized carbons (Fsp3) is 0.533. The molecule has 0 aromatic heterocycles. The molecule has 1 aliphatic heterocycles. The van der Waals surface area contributed by atoms with E-state index < -0.39 is 17.3 Å². The molecule has 1 saturated heterocycles. The van der Waals surface area contributed by atoms with Crippen LogP contribution in [0.5, 0.6) is 0 Å². The molecule has 2 rings (SSSR count). The first kappa shape index (κ1) is 16.8. The molecule has 0 saturated carbocycles. The lowest BCUT2D eigenvalue weighted by molar-refractivity contribution is -0.137. The zero-order valence-electron chi connectivity index (χ0n) is 11.9. The van der Waals surface area contributed by atoms with Crippen LogP contribution in [0.1, 0.15) is 24.0 Å². The van der Waals surface area contributed by atoms with Crippen molar-refractivity contribution in [1.82, 2.24) is 5.32 Å². The van der Waals surface area contributed by atoms with Crippen molar-refractivity contribution in [3.8, 4) is 0 Å². The molecule has 1 fully saturated rings. The monoisotopic (exact) mass is 317 g/mol. The number of alkyl halides is 3. The number of benzene rings is 1. The van der Waals surface area contributed by atoms with Crippen LogP contribution in [-0.4, -0.2) is 36.4 Å². The van der Waals surface area contributed by atoms with Crippen molar-refractivity contribution in [2.75, 3.05) is 19.8 Å². The maximum atomic E-state index is 12.4. The van der Waals surface area contributed by atoms with Gasteiger partial charge in [-0.05, 0) is 24.1 Å². The number of halogens is 3. The summed E-state index contributed by atoms with van der Waals surface area (Å²) in [5.74, 6) is -0.250. The van der Waals surface area contributed by atoms with E-state index in [0.717, 1.165) is 12.1 Å². The molecule has 22 heavy (non-hydrogen) atoms. The third kappa shape index (κ3) is 4.71. The zero-order chi connectivity index (χ0) is 16.2. The highest BCUT2D eigenvalue weighted by Crippen LogP contribution is 2.29. The second-order valence-electron chi connectivity index (χ2n) is 5.50. The number of hydrogen-bond donors (Lipinski definition) is 2. The third-order valence-electron chi connectivity index (χ3n) is 3.62. The second kappa shape index (κ2) is 6.66. The molecule has 4 nitrogen and oxygen atoms in total. The Morgan fingerprint density at radius 2 is 2.00 bits per heavy atom. The minimum Gasteiger partial charge on any atom is -0.386 e. The van der Waals surface area contributed by atoms with Crippen molar-refractivity contribution in [2.45, 2.75) is 31.0 Å². The summed E-state index contributed by atoms with van der Waals surface area (Å²) in [6.07, 6.45) is -3.37. The Morgan fingerprint density at radius 3 is 2.55 bits per heavy atom. The van der Waals surface area contributed by atoms with Gasteiger partial charge in [-0.15, -0.1) is 0 Å². The van der Waals surface area contributed by atoms with E-state index in [-0.39, 0.29) is 25.5 Å². The SMILES string of the molecule is O=C(CCc1ccc(C(F)(F)F)cc1)NCC1(O)CCOC1. The van der Waals surface area contributed by atoms with Crippen LogP contribution in [0.4, 0.5) is 13.2 Å². The van der Waals surface area contributed by atoms with Crippen molar-refractivity contribution in [2.24, 2.45) is 0 Å². The molecular weight excluding hydrogens is 299 g/mol. The summed E-state index contributed by atoms with van der Waals surface area (Å²) < 4.78 is 42.3. The van der Waals surface area contributed by atoms with E-state index in [4.69, 9.17) is 4.74 Å². The largest absolute Gasteiger partial charge is 0.416 e. The maximum absolute atomic E-state index is 12.4. The lowest BCUT2D eigenvalue weighted by Gasteiger charge is -2.20. The van der Waals surface area contributed by atoms with Gasteiger partial charge in [0.2, 0.25) is 5.91 Å². The molecule has 0 bridgehead atoms. The van der Waals surface area contributed by atoms with Gasteiger partial charge in [-0.1, -0.05) is 12.1 Å². The Morgan fingerprint density at radius 1 is 1.32 bits per heavy atom. The Labute approximate surface area is 126 Å². The number of carbonyl (C=O) groups is 1. The van der Waals surface area contributed by atoms with Crippen LogP contribution < -0.4 is 5.32 Å². The van der Waals surface area contributed by atoms with Crippen molar-refractivity contribution in [3.05, 3.63) is 35.4 Å². The van der Waals surface area contributed by atoms with Crippen molar-refractivity contribution in [1.29, 1.82) is 0 Å². The predicted molar refractivity (Wildman–Crippen MR) is 73.2 cm³/mol. The van der Waals surface area contributed by atoms with Crippen LogP contribution in [0.25, 0.3) is 0 Å². The summed E-state index contributed by atoms with van der Waals surface area (Å²) in [5, 5.41) is 12.6. The number of hydrogen-bond acceptors (Lipinski definition) is 3. The van der Waals surface area contributed by atoms with Gasteiger partial charge in [0.05, 0.1) is 12.2 Å². The lowest BCUT2D eigenvalue weighted by atomic mass is 10.0. The normalized spacial score (nSPS) is 21.8. The summed E-state index contributed by atoms with van der Waals surface area (Å²) in [6.45, 7) is 0.795. The summed E-state index contributed by atoms with van der Waals surface area (Å²) in [5.41, 5.74) is -1.06. The van der Waals surface area contributed by atoms with Crippen molar-refractivity contribution in [3.63, 3.8) is 0 Å². The lowest BCUT2D eigenvalue weighted by Crippen LogP contribution is -2.43. The highest BCUT2D eigenvalue weighted by atomic mass is 19.4. The first-order valence-electron chi connectivity index (χ1n) is 7.01. The average Bonchev–Trinajstić information content (AvgIpc) is 2.90. The summed E-state index contributed by atoms with van der Waals surface area (Å²) in [6, 6.07) is 4.75. The standard InChI is InChI=1S/C15H18F3NO3/c16-15(17,18)12-4-1-11(2-5-12)3-6-13(20)19-9-14(21)7-8-22-10-14/h1-2,4-5,21H,3,6-10H2,(H,19,20). The molecule has 2 N–H and O–H groups in total. The van der Waals surface area contributed by atoms with Crippen LogP contribution in [0.2, 0.25) is 0 Å². The molecule has 1 heterocycles. The summed E-state index contributed by atoms with van der Waals surface area (Å²) >= 11 is 0. The first-order chi connectivity index (χ1) is 10.3. The molecule has 0 spiro atoms. The molecule has 0 aliphatic carbocycles. The van der Waals surface area contributed by atoms with Gasteiger partial charge in [-0.3, -0.25) is 4.79 Å². The van der Waals surface area contributed by atoms with Gasteiger partial charge in [0, 0.05) is 26.0 Å². The van der Waals surface area contributed by atoms with Crippen LogP contribution in [0.3, 0.4) is 0 Å². The molecule has 122 valence electrons. The molecule has 1 unspecified atom stereocenters. The smallest absolute Gasteiger partial charge is 0.386 e. The van der Waals surface area contributed by atoms with E-state index in [9.17, 15) is 23.1 Å². The van der Waals surface area contributed by atoms with Crippen LogP contribution >= 0.6 is 0 Å². The zero-order valence-corrected chi connectivity index (χ0v) is 11.9. The van der Waals surface area contributed by atoms with Gasteiger partial charge in [0.25, 0.3) is 0 Å². The quantitative estimate of drug-likeness (QED) is 0.872. The number of carbonyl (C=O) groups excluding carboxylic acids is 1. The van der Waals surface area contributed by atoms with E-state index >= 15 is 0 Å². The molecule has 7 heteroatoms. The van der Waals surface area contributed by atoms with E-state index in [1.807, 2.05) is 0 Å². The second-order valence-corrected chi connectivity index (χ2v) is 5.50. The van der Waals surface area contributed by atoms with Gasteiger partial charge >= 0.3 is 6.18 Å². The van der Waals surface area contributed by atoms with Crippen LogP contribution in [0, 0.1) is 0 Å². The van der Waals surface area contributed by atoms with Crippen molar-refractivity contribution >= 4 is 5.91 Å². The maximum Gasteiger partial charge on any atom is 0.416 e. The number of nitrogens with one attached hydrogen (secondary N) is 1. The number of ether oxygens (including phenoxy) is 1. The number of aliphatic hydroxyl groups is 1. The first-order valence-corrected chi connectivity index (χ1v) is 7.01. The molecule has 0 radical (unpaired) electrons. The number of aryl methyl sites for hydroxylation is 1. The Hall–Kier alpha value is -1.60. The number of rotatable bonds is 5.